The van der Waals surface area contributed by atoms with Crippen molar-refractivity contribution in [3.63, 3.8) is 0 Å². The molecule has 0 saturated carbocycles. The first kappa shape index (κ1) is 22.5. The highest BCUT2D eigenvalue weighted by Gasteiger charge is 2.22. The first-order valence-electron chi connectivity index (χ1n) is 8.42. The van der Waals surface area contributed by atoms with E-state index in [9.17, 15) is 9.59 Å². The summed E-state index contributed by atoms with van der Waals surface area (Å²) in [5.41, 5.74) is 7.77. The maximum absolute atomic E-state index is 12.4. The Kier molecular flexibility index (Phi) is 9.33. The maximum Gasteiger partial charge on any atom is 0.308 e. The van der Waals surface area contributed by atoms with Crippen molar-refractivity contribution in [3.05, 3.63) is 60.2 Å². The number of nitrogens with two attached hydrogens (primary N) is 1. The number of carbonyl (C=O) groups is 2. The standard InChI is InChI=1S/C20H24N2O4.ClH/c1-14(19(21)15-6-4-3-5-7-15)20(24)22-16-8-10-17(11-9-16)26-13-12-18(23)25-2;/h3-11,14,19H,12-13,21H2,1-2H3,(H,22,24);1H. The largest absolute Gasteiger partial charge is 0.493 e. The molecule has 0 aliphatic carbocycles. The average molecular weight is 393 g/mol. The smallest absolute Gasteiger partial charge is 0.308 e. The van der Waals surface area contributed by atoms with Gasteiger partial charge in [-0.2, -0.15) is 0 Å². The number of carbonyl (C=O) groups excluding carboxylic acids is 2. The molecule has 2 aromatic rings. The Morgan fingerprint density at radius 3 is 2.30 bits per heavy atom. The SMILES string of the molecule is COC(=O)CCOc1ccc(NC(=O)C(C)C(N)c2ccccc2)cc1.Cl. The molecule has 0 aliphatic rings. The summed E-state index contributed by atoms with van der Waals surface area (Å²) >= 11 is 0. The van der Waals surface area contributed by atoms with Crippen LogP contribution in [0, 0.1) is 5.92 Å². The Morgan fingerprint density at radius 2 is 1.70 bits per heavy atom. The molecule has 0 radical (unpaired) electrons. The number of halogens is 1. The van der Waals surface area contributed by atoms with Crippen molar-refractivity contribution in [1.29, 1.82) is 0 Å². The zero-order valence-electron chi connectivity index (χ0n) is 15.4. The van der Waals surface area contributed by atoms with Gasteiger partial charge in [0.1, 0.15) is 5.75 Å². The second kappa shape index (κ2) is 11.2. The Bertz CT molecular complexity index is 723. The van der Waals surface area contributed by atoms with E-state index in [1.165, 1.54) is 7.11 Å². The van der Waals surface area contributed by atoms with Crippen molar-refractivity contribution in [2.75, 3.05) is 19.0 Å². The lowest BCUT2D eigenvalue weighted by Gasteiger charge is -2.20. The van der Waals surface area contributed by atoms with Crippen LogP contribution in [0.5, 0.6) is 5.75 Å². The summed E-state index contributed by atoms with van der Waals surface area (Å²) < 4.78 is 10.00. The van der Waals surface area contributed by atoms with E-state index >= 15 is 0 Å². The molecule has 2 aromatic carbocycles. The summed E-state index contributed by atoms with van der Waals surface area (Å²) in [7, 11) is 1.34. The highest BCUT2D eigenvalue weighted by Crippen LogP contribution is 2.22. The number of esters is 1. The van der Waals surface area contributed by atoms with E-state index < -0.39 is 0 Å². The molecule has 146 valence electrons. The van der Waals surface area contributed by atoms with Gasteiger partial charge in [0.15, 0.2) is 0 Å². The van der Waals surface area contributed by atoms with Crippen molar-refractivity contribution < 1.29 is 19.1 Å². The van der Waals surface area contributed by atoms with Gasteiger partial charge in [0.25, 0.3) is 0 Å². The molecular weight excluding hydrogens is 368 g/mol. The molecule has 0 heterocycles. The van der Waals surface area contributed by atoms with Gasteiger partial charge in [-0.15, -0.1) is 12.4 Å². The molecule has 2 rings (SSSR count). The fourth-order valence-electron chi connectivity index (χ4n) is 2.37. The van der Waals surface area contributed by atoms with E-state index in [-0.39, 0.29) is 49.3 Å². The van der Waals surface area contributed by atoms with Crippen LogP contribution in [-0.4, -0.2) is 25.6 Å². The van der Waals surface area contributed by atoms with Gasteiger partial charge in [0.2, 0.25) is 5.91 Å². The van der Waals surface area contributed by atoms with Crippen LogP contribution in [0.25, 0.3) is 0 Å². The summed E-state index contributed by atoms with van der Waals surface area (Å²) in [4.78, 5) is 23.5. The number of nitrogens with one attached hydrogen (secondary N) is 1. The molecule has 7 heteroatoms. The second-order valence-corrected chi connectivity index (χ2v) is 5.91. The third kappa shape index (κ3) is 6.92. The lowest BCUT2D eigenvalue weighted by atomic mass is 9.94. The molecule has 2 unspecified atom stereocenters. The highest BCUT2D eigenvalue weighted by atomic mass is 35.5. The van der Waals surface area contributed by atoms with Gasteiger partial charge in [-0.1, -0.05) is 37.3 Å². The predicted octanol–water partition coefficient (Wildman–Crippen LogP) is 3.32. The van der Waals surface area contributed by atoms with Crippen LogP contribution in [0.4, 0.5) is 5.69 Å². The summed E-state index contributed by atoms with van der Waals surface area (Å²) in [5.74, 6) is -0.243. The molecule has 0 spiro atoms. The number of hydrogen-bond acceptors (Lipinski definition) is 5. The molecule has 6 nitrogen and oxygen atoms in total. The number of amides is 1. The molecule has 0 fully saturated rings. The zero-order valence-corrected chi connectivity index (χ0v) is 16.2. The highest BCUT2D eigenvalue weighted by molar-refractivity contribution is 5.92. The average Bonchev–Trinajstić information content (AvgIpc) is 2.68. The lowest BCUT2D eigenvalue weighted by molar-refractivity contribution is -0.141. The van der Waals surface area contributed by atoms with Crippen LogP contribution in [-0.2, 0) is 14.3 Å². The van der Waals surface area contributed by atoms with Crippen molar-refractivity contribution in [3.8, 4) is 5.75 Å². The van der Waals surface area contributed by atoms with Gasteiger partial charge in [-0.25, -0.2) is 0 Å². The van der Waals surface area contributed by atoms with Gasteiger partial charge in [0.05, 0.1) is 26.1 Å². The molecular formula is C20H25ClN2O4. The Morgan fingerprint density at radius 1 is 1.07 bits per heavy atom. The van der Waals surface area contributed by atoms with Crippen LogP contribution in [0.2, 0.25) is 0 Å². The number of anilines is 1. The third-order valence-corrected chi connectivity index (χ3v) is 4.06. The topological polar surface area (TPSA) is 90.6 Å². The molecule has 27 heavy (non-hydrogen) atoms. The predicted molar refractivity (Wildman–Crippen MR) is 107 cm³/mol. The van der Waals surface area contributed by atoms with Crippen molar-refractivity contribution >= 4 is 30.0 Å². The fourth-order valence-corrected chi connectivity index (χ4v) is 2.37. The van der Waals surface area contributed by atoms with Gasteiger partial charge >= 0.3 is 5.97 Å². The fraction of sp³-hybridized carbons (Fsp3) is 0.300. The quantitative estimate of drug-likeness (QED) is 0.672. The Hall–Kier alpha value is -2.57. The van der Waals surface area contributed by atoms with E-state index in [1.54, 1.807) is 31.2 Å². The van der Waals surface area contributed by atoms with Crippen molar-refractivity contribution in [2.45, 2.75) is 19.4 Å². The van der Waals surface area contributed by atoms with E-state index in [4.69, 9.17) is 10.5 Å². The number of hydrogen-bond donors (Lipinski definition) is 2. The number of methoxy groups -OCH3 is 1. The van der Waals surface area contributed by atoms with E-state index in [0.29, 0.717) is 11.4 Å². The third-order valence-electron chi connectivity index (χ3n) is 4.06. The minimum absolute atomic E-state index is 0. The summed E-state index contributed by atoms with van der Waals surface area (Å²) in [6.45, 7) is 2.04. The van der Waals surface area contributed by atoms with E-state index in [2.05, 4.69) is 10.1 Å². The van der Waals surface area contributed by atoms with E-state index in [1.807, 2.05) is 30.3 Å². The lowest BCUT2D eigenvalue weighted by Crippen LogP contribution is -2.30. The Balaban J connectivity index is 0.00000364. The van der Waals surface area contributed by atoms with Crippen LogP contribution in [0.15, 0.2) is 54.6 Å². The number of benzene rings is 2. The first-order chi connectivity index (χ1) is 12.5. The normalized spacial score (nSPS) is 12.3. The molecule has 0 aromatic heterocycles. The van der Waals surface area contributed by atoms with Crippen LogP contribution >= 0.6 is 12.4 Å². The molecule has 1 amide bonds. The molecule has 0 bridgehead atoms. The molecule has 2 atom stereocenters. The maximum atomic E-state index is 12.4. The number of rotatable bonds is 8. The molecule has 3 N–H and O–H groups in total. The minimum atomic E-state index is -0.381. The number of ether oxygens (including phenoxy) is 2. The monoisotopic (exact) mass is 392 g/mol. The van der Waals surface area contributed by atoms with Gasteiger partial charge in [-0.05, 0) is 29.8 Å². The van der Waals surface area contributed by atoms with Gasteiger partial charge in [0, 0.05) is 11.7 Å². The zero-order chi connectivity index (χ0) is 18.9. The van der Waals surface area contributed by atoms with Gasteiger partial charge < -0.3 is 20.5 Å². The first-order valence-corrected chi connectivity index (χ1v) is 8.42. The van der Waals surface area contributed by atoms with Crippen molar-refractivity contribution in [1.82, 2.24) is 0 Å². The van der Waals surface area contributed by atoms with Crippen LogP contribution < -0.4 is 15.8 Å². The summed E-state index contributed by atoms with van der Waals surface area (Å²) in [6.07, 6.45) is 0.184. The van der Waals surface area contributed by atoms with Crippen molar-refractivity contribution in [2.24, 2.45) is 11.7 Å². The van der Waals surface area contributed by atoms with Crippen LogP contribution in [0.3, 0.4) is 0 Å². The van der Waals surface area contributed by atoms with Crippen LogP contribution in [0.1, 0.15) is 24.9 Å². The van der Waals surface area contributed by atoms with E-state index in [0.717, 1.165) is 5.56 Å². The minimum Gasteiger partial charge on any atom is -0.493 e. The molecule has 0 saturated heterocycles. The van der Waals surface area contributed by atoms with Gasteiger partial charge in [-0.3, -0.25) is 9.59 Å². The summed E-state index contributed by atoms with van der Waals surface area (Å²) in [6, 6.07) is 16.1. The second-order valence-electron chi connectivity index (χ2n) is 5.91. The molecule has 0 aliphatic heterocycles. The Labute approximate surface area is 165 Å². The summed E-state index contributed by atoms with van der Waals surface area (Å²) in [5, 5.41) is 2.85.